The third-order valence-corrected chi connectivity index (χ3v) is 10.6. The summed E-state index contributed by atoms with van der Waals surface area (Å²) in [4.78, 5) is 57.4. The fourth-order valence-corrected chi connectivity index (χ4v) is 6.27. The predicted molar refractivity (Wildman–Crippen MR) is 236 cm³/mol. The molecule has 0 radical (unpaired) electrons. The van der Waals surface area contributed by atoms with Crippen LogP contribution in [0.25, 0.3) is 0 Å². The van der Waals surface area contributed by atoms with Gasteiger partial charge in [-0.2, -0.15) is 0 Å². The summed E-state index contributed by atoms with van der Waals surface area (Å²) in [7, 11) is 7.71. The summed E-state index contributed by atoms with van der Waals surface area (Å²) in [6.07, 6.45) is 0.141. The first kappa shape index (κ1) is 62.0. The van der Waals surface area contributed by atoms with Crippen molar-refractivity contribution in [2.24, 2.45) is 0 Å². The molecule has 0 fully saturated rings. The number of benzene rings is 1. The summed E-state index contributed by atoms with van der Waals surface area (Å²) in [6.45, 7) is 7.42. The molecule has 0 spiro atoms. The molecule has 1 aromatic rings. The second-order valence-corrected chi connectivity index (χ2v) is 15.9. The first-order valence-electron chi connectivity index (χ1n) is 20.5. The quantitative estimate of drug-likeness (QED) is 0.0231. The number of esters is 2. The van der Waals surface area contributed by atoms with E-state index in [1.54, 1.807) is 33.7 Å². The maximum absolute atomic E-state index is 12.2. The molecule has 0 aliphatic carbocycles. The lowest BCUT2D eigenvalue weighted by molar-refractivity contribution is -0.195. The van der Waals surface area contributed by atoms with E-state index in [2.05, 4.69) is 17.6 Å². The van der Waals surface area contributed by atoms with Gasteiger partial charge in [0.25, 0.3) is 5.91 Å². The monoisotopic (exact) mass is 944 g/mol. The molecule has 2 amide bonds. The summed E-state index contributed by atoms with van der Waals surface area (Å²) in [5, 5.41) is 49.6. The molecule has 0 aliphatic heterocycles. The van der Waals surface area contributed by atoms with E-state index in [1.807, 2.05) is 39.2 Å². The highest BCUT2D eigenvalue weighted by atomic mass is 33.1. The van der Waals surface area contributed by atoms with Gasteiger partial charge in [-0.25, -0.2) is 0 Å². The van der Waals surface area contributed by atoms with Crippen molar-refractivity contribution in [1.82, 2.24) is 10.6 Å². The first-order chi connectivity index (χ1) is 30.1. The molecule has 7 atom stereocenters. The Balaban J connectivity index is 0. The van der Waals surface area contributed by atoms with Gasteiger partial charge in [-0.3, -0.25) is 24.0 Å². The number of carboxylic acids is 1. The number of aliphatic carboxylic acids is 1. The Morgan fingerprint density at radius 2 is 1.05 bits per heavy atom. The van der Waals surface area contributed by atoms with Gasteiger partial charge in [0.2, 0.25) is 5.91 Å². The molecule has 63 heavy (non-hydrogen) atoms. The normalized spacial score (nSPS) is 14.2. The lowest BCUT2D eigenvalue weighted by Gasteiger charge is -2.21. The lowest BCUT2D eigenvalue weighted by Crippen LogP contribution is -2.35. The minimum Gasteiger partial charge on any atom is -0.481 e. The number of carbonyl (C=O) groups is 5. The van der Waals surface area contributed by atoms with Gasteiger partial charge in [-0.05, 0) is 50.1 Å². The van der Waals surface area contributed by atoms with Gasteiger partial charge < -0.3 is 74.1 Å². The smallest absolute Gasteiger partial charge is 0.306 e. The molecular weight excluding hydrogens is 873 g/mol. The topological polar surface area (TPSA) is 284 Å². The van der Waals surface area contributed by atoms with E-state index < -0.39 is 42.9 Å². The number of aliphatic hydroxyl groups excluding tert-OH is 4. The number of hydrogen-bond donors (Lipinski definition) is 7. The van der Waals surface area contributed by atoms with Crippen LogP contribution in [0.2, 0.25) is 0 Å². The highest BCUT2D eigenvalue weighted by Gasteiger charge is 2.19. The third kappa shape index (κ3) is 32.2. The lowest BCUT2D eigenvalue weighted by atomic mass is 10.1. The van der Waals surface area contributed by atoms with Gasteiger partial charge in [0.15, 0.2) is 18.9 Å². The summed E-state index contributed by atoms with van der Waals surface area (Å²) >= 11 is 0. The molecular formula is C41H72N2O18S2. The number of rotatable bonds is 33. The number of nitrogens with one attached hydrogen (secondary N) is 2. The highest BCUT2D eigenvalue weighted by Crippen LogP contribution is 2.35. The van der Waals surface area contributed by atoms with E-state index in [0.29, 0.717) is 30.1 Å². The Labute approximate surface area is 379 Å². The molecule has 0 aliphatic rings. The van der Waals surface area contributed by atoms with Crippen LogP contribution in [0.1, 0.15) is 93.8 Å². The zero-order valence-electron chi connectivity index (χ0n) is 37.8. The second-order valence-electron chi connectivity index (χ2n) is 13.1. The van der Waals surface area contributed by atoms with Crippen molar-refractivity contribution in [3.63, 3.8) is 0 Å². The number of methoxy groups -OCH3 is 3. The van der Waals surface area contributed by atoms with E-state index in [-0.39, 0.29) is 102 Å². The van der Waals surface area contributed by atoms with Crippen LogP contribution in [0.3, 0.4) is 0 Å². The molecule has 0 saturated heterocycles. The summed E-state index contributed by atoms with van der Waals surface area (Å²) < 4.78 is 40.5. The number of aliphatic hydroxyl groups is 4. The van der Waals surface area contributed by atoms with E-state index in [0.717, 1.165) is 5.56 Å². The summed E-state index contributed by atoms with van der Waals surface area (Å²) in [5.74, 6) is -2.77. The van der Waals surface area contributed by atoms with Gasteiger partial charge in [-0.1, -0.05) is 54.5 Å². The van der Waals surface area contributed by atoms with Crippen molar-refractivity contribution >= 4 is 51.3 Å². The third-order valence-electron chi connectivity index (χ3n) is 8.42. The first-order valence-corrected chi connectivity index (χ1v) is 23.1. The number of carbonyl (C=O) groups excluding carboxylic acids is 4. The van der Waals surface area contributed by atoms with Crippen molar-refractivity contribution in [1.29, 1.82) is 0 Å². The van der Waals surface area contributed by atoms with Crippen LogP contribution in [0.5, 0.6) is 0 Å². The average Bonchev–Trinajstić information content (AvgIpc) is 3.30. The van der Waals surface area contributed by atoms with Crippen LogP contribution in [-0.4, -0.2) is 173 Å². The van der Waals surface area contributed by atoms with Crippen LogP contribution in [0.15, 0.2) is 24.3 Å². The van der Waals surface area contributed by atoms with Gasteiger partial charge in [0, 0.05) is 51.7 Å². The molecule has 0 bridgehead atoms. The Bertz CT molecular complexity index is 1320. The van der Waals surface area contributed by atoms with E-state index in [4.69, 9.17) is 63.4 Å². The van der Waals surface area contributed by atoms with Crippen molar-refractivity contribution in [3.8, 4) is 0 Å². The largest absolute Gasteiger partial charge is 0.481 e. The van der Waals surface area contributed by atoms with Gasteiger partial charge in [-0.15, -0.1) is 0 Å². The zero-order chi connectivity index (χ0) is 48.0. The van der Waals surface area contributed by atoms with E-state index in [9.17, 15) is 24.0 Å². The van der Waals surface area contributed by atoms with Crippen molar-refractivity contribution in [2.75, 3.05) is 80.3 Å². The van der Waals surface area contributed by atoms with E-state index >= 15 is 0 Å². The Kier molecular flexibility index (Phi) is 39.7. The highest BCUT2D eigenvalue weighted by molar-refractivity contribution is 8.76. The predicted octanol–water partition coefficient (Wildman–Crippen LogP) is 2.58. The molecule has 1 aromatic carbocycles. The van der Waals surface area contributed by atoms with Crippen LogP contribution in [0, 0.1) is 0 Å². The maximum atomic E-state index is 12.2. The molecule has 366 valence electrons. The summed E-state index contributed by atoms with van der Waals surface area (Å²) in [5.41, 5.74) is 1.71. The molecule has 0 saturated carbocycles. The van der Waals surface area contributed by atoms with E-state index in [1.165, 1.54) is 21.3 Å². The Hall–Kier alpha value is -3.13. The Morgan fingerprint density at radius 1 is 0.619 bits per heavy atom. The molecule has 20 nitrogen and oxygen atoms in total. The maximum Gasteiger partial charge on any atom is 0.306 e. The number of carboxylic acid groups (broad SMARTS) is 1. The SMILES string of the molecule is CCC(CO)OC(CO)OC.CCC(CO)OC(COC(=O)CCC(=O)NCCNC(=O)c1ccc(C(C)SSC)cc1)OC.CCC(CO)OC(COC(=O)CCC(=O)O)OC. The van der Waals surface area contributed by atoms with Crippen LogP contribution < -0.4 is 10.6 Å². The van der Waals surface area contributed by atoms with Gasteiger partial charge >= 0.3 is 17.9 Å². The number of amides is 2. The average molecular weight is 945 g/mol. The molecule has 0 heterocycles. The van der Waals surface area contributed by atoms with Crippen molar-refractivity contribution < 1.29 is 87.4 Å². The fourth-order valence-electron chi connectivity index (χ4n) is 4.51. The zero-order valence-corrected chi connectivity index (χ0v) is 39.5. The second kappa shape index (κ2) is 40.4. The van der Waals surface area contributed by atoms with Crippen LogP contribution in [-0.2, 0) is 57.1 Å². The number of hydrogen-bond acceptors (Lipinski definition) is 19. The van der Waals surface area contributed by atoms with Gasteiger partial charge in [0.1, 0.15) is 13.2 Å². The molecule has 7 unspecified atom stereocenters. The van der Waals surface area contributed by atoms with Crippen molar-refractivity contribution in [3.05, 3.63) is 35.4 Å². The molecule has 7 N–H and O–H groups in total. The van der Waals surface area contributed by atoms with Crippen molar-refractivity contribution in [2.45, 2.75) is 115 Å². The standard InChI is InChI=1S/C23H36N2O7S2.C11H20O7.C7H16O4/c1-5-19(14-26)32-22(30-3)15-31-21(28)11-10-20(27)24-12-13-25-23(29)18-8-6-17(7-9-18)16(2)34-33-4;1-3-8(6-12)18-11(16-2)7-17-10(15)5-4-9(13)14;1-3-6(4-8)11-7(5-9)10-2/h6-9,16,19,22,26H,5,10-15H2,1-4H3,(H,24,27)(H,25,29);8,11-12H,3-7H2,1-2H3,(H,13,14);6-9H,3-5H2,1-2H3. The Morgan fingerprint density at radius 3 is 1.43 bits per heavy atom. The fraction of sp³-hybridized carbons (Fsp3) is 0.732. The minimum absolute atomic E-state index is 0.0345. The summed E-state index contributed by atoms with van der Waals surface area (Å²) in [6, 6.07) is 7.47. The van der Waals surface area contributed by atoms with Crippen LogP contribution >= 0.6 is 21.6 Å². The molecule has 1 rings (SSSR count). The molecule has 0 aromatic heterocycles. The van der Waals surface area contributed by atoms with Crippen LogP contribution in [0.4, 0.5) is 0 Å². The minimum atomic E-state index is -1.06. The van der Waals surface area contributed by atoms with Gasteiger partial charge in [0.05, 0.1) is 64.0 Å². The molecule has 22 heteroatoms. The number of ether oxygens (including phenoxy) is 8.